The van der Waals surface area contributed by atoms with Crippen LogP contribution in [0, 0.1) is 13.8 Å². The van der Waals surface area contributed by atoms with Crippen molar-refractivity contribution in [2.24, 2.45) is 0 Å². The quantitative estimate of drug-likeness (QED) is 0.601. The Balaban J connectivity index is 1.92. The van der Waals surface area contributed by atoms with Crippen LogP contribution < -0.4 is 5.56 Å². The summed E-state index contributed by atoms with van der Waals surface area (Å²) < 4.78 is 6.98. The van der Waals surface area contributed by atoms with E-state index in [2.05, 4.69) is 0 Å². The zero-order valence-electron chi connectivity index (χ0n) is 15.0. The van der Waals surface area contributed by atoms with Crippen molar-refractivity contribution in [3.8, 4) is 0 Å². The molecule has 1 aliphatic heterocycles. The fraction of sp³-hybridized carbons (Fsp3) is 0.588. The average molecular weight is 382 g/mol. The Bertz CT molecular complexity index is 853. The number of nitrogens with zero attached hydrogens (tertiary/aromatic N) is 3. The highest BCUT2D eigenvalue weighted by Crippen LogP contribution is 2.30. The molecule has 8 heteroatoms. The largest absolute Gasteiger partial charge is 0.378 e. The second-order valence-electron chi connectivity index (χ2n) is 6.10. The van der Waals surface area contributed by atoms with E-state index in [1.165, 1.54) is 11.8 Å². The molecule has 25 heavy (non-hydrogen) atoms. The molecule has 3 heterocycles. The molecule has 1 atom stereocenters. The molecule has 1 amide bonds. The monoisotopic (exact) mass is 381 g/mol. The number of thiophene rings is 1. The molecule has 0 aromatic carbocycles. The molecule has 0 N–H and O–H groups in total. The number of thioether (sulfide) groups is 1. The predicted molar refractivity (Wildman–Crippen MR) is 102 cm³/mol. The van der Waals surface area contributed by atoms with E-state index >= 15 is 0 Å². The van der Waals surface area contributed by atoms with Crippen molar-refractivity contribution in [1.29, 1.82) is 0 Å². The summed E-state index contributed by atoms with van der Waals surface area (Å²) in [6.45, 7) is 10.7. The van der Waals surface area contributed by atoms with Crippen molar-refractivity contribution < 1.29 is 9.53 Å². The van der Waals surface area contributed by atoms with Gasteiger partial charge in [0.2, 0.25) is 5.91 Å². The van der Waals surface area contributed by atoms with E-state index in [4.69, 9.17) is 9.72 Å². The maximum atomic E-state index is 12.9. The normalized spacial score (nSPS) is 16.4. The van der Waals surface area contributed by atoms with Gasteiger partial charge in [-0.1, -0.05) is 11.8 Å². The molecule has 0 spiro atoms. The fourth-order valence-electron chi connectivity index (χ4n) is 2.93. The third-order valence-electron chi connectivity index (χ3n) is 4.52. The van der Waals surface area contributed by atoms with Gasteiger partial charge in [-0.15, -0.1) is 11.3 Å². The van der Waals surface area contributed by atoms with Crippen LogP contribution in [0.4, 0.5) is 0 Å². The smallest absolute Gasteiger partial charge is 0.263 e. The van der Waals surface area contributed by atoms with E-state index in [1.807, 2.05) is 32.6 Å². The van der Waals surface area contributed by atoms with Gasteiger partial charge < -0.3 is 9.64 Å². The summed E-state index contributed by atoms with van der Waals surface area (Å²) in [6, 6.07) is 0. The van der Waals surface area contributed by atoms with Crippen LogP contribution in [-0.2, 0) is 16.1 Å². The Morgan fingerprint density at radius 2 is 2.04 bits per heavy atom. The second kappa shape index (κ2) is 7.47. The standard InChI is InChI=1S/C17H23N3O3S2/c1-5-20-16(22)13-10(2)11(3)24-14(13)18-17(20)25-12(4)15(21)19-6-8-23-9-7-19/h12H,5-9H2,1-4H3/t12-/m1/s1. The molecular weight excluding hydrogens is 358 g/mol. The number of morpholine rings is 1. The number of hydrogen-bond donors (Lipinski definition) is 0. The minimum Gasteiger partial charge on any atom is -0.378 e. The number of fused-ring (bicyclic) bond motifs is 1. The lowest BCUT2D eigenvalue weighted by Crippen LogP contribution is -2.44. The van der Waals surface area contributed by atoms with Crippen molar-refractivity contribution in [3.63, 3.8) is 0 Å². The number of carbonyl (C=O) groups is 1. The molecule has 0 bridgehead atoms. The van der Waals surface area contributed by atoms with Gasteiger partial charge in [-0.25, -0.2) is 4.98 Å². The highest BCUT2D eigenvalue weighted by molar-refractivity contribution is 8.00. The number of hydrogen-bond acceptors (Lipinski definition) is 6. The molecule has 1 saturated heterocycles. The molecule has 0 radical (unpaired) electrons. The molecule has 1 fully saturated rings. The van der Waals surface area contributed by atoms with Crippen LogP contribution >= 0.6 is 23.1 Å². The van der Waals surface area contributed by atoms with Gasteiger partial charge in [0.25, 0.3) is 5.56 Å². The lowest BCUT2D eigenvalue weighted by molar-refractivity contribution is -0.134. The first-order chi connectivity index (χ1) is 11.9. The molecular formula is C17H23N3O3S2. The molecule has 136 valence electrons. The molecule has 2 aromatic rings. The van der Waals surface area contributed by atoms with Gasteiger partial charge in [-0.3, -0.25) is 14.2 Å². The number of aromatic nitrogens is 2. The second-order valence-corrected chi connectivity index (χ2v) is 8.62. The Morgan fingerprint density at radius 3 is 2.68 bits per heavy atom. The first-order valence-electron chi connectivity index (χ1n) is 8.47. The first kappa shape index (κ1) is 18.4. The van der Waals surface area contributed by atoms with Crippen LogP contribution in [0.15, 0.2) is 9.95 Å². The van der Waals surface area contributed by atoms with E-state index < -0.39 is 0 Å². The van der Waals surface area contributed by atoms with Crippen molar-refractivity contribution in [2.45, 2.75) is 44.6 Å². The van der Waals surface area contributed by atoms with Crippen molar-refractivity contribution >= 4 is 39.2 Å². The summed E-state index contributed by atoms with van der Waals surface area (Å²) >= 11 is 2.91. The van der Waals surface area contributed by atoms with Crippen molar-refractivity contribution in [3.05, 3.63) is 20.8 Å². The van der Waals surface area contributed by atoms with Crippen LogP contribution in [0.3, 0.4) is 0 Å². The topological polar surface area (TPSA) is 64.4 Å². The van der Waals surface area contributed by atoms with Gasteiger partial charge in [-0.2, -0.15) is 0 Å². The van der Waals surface area contributed by atoms with Gasteiger partial charge in [-0.05, 0) is 33.3 Å². The van der Waals surface area contributed by atoms with Gasteiger partial charge in [0, 0.05) is 24.5 Å². The molecule has 0 saturated carbocycles. The maximum Gasteiger partial charge on any atom is 0.263 e. The highest BCUT2D eigenvalue weighted by Gasteiger charge is 2.25. The Hall–Kier alpha value is -1.38. The van der Waals surface area contributed by atoms with Gasteiger partial charge in [0.15, 0.2) is 5.16 Å². The molecule has 1 aliphatic rings. The van der Waals surface area contributed by atoms with Gasteiger partial charge >= 0.3 is 0 Å². The minimum atomic E-state index is -0.289. The van der Waals surface area contributed by atoms with E-state index in [0.717, 1.165) is 15.3 Å². The van der Waals surface area contributed by atoms with Crippen LogP contribution in [-0.4, -0.2) is 51.9 Å². The number of aryl methyl sites for hydroxylation is 2. The third kappa shape index (κ3) is 3.47. The average Bonchev–Trinajstić information content (AvgIpc) is 2.89. The van der Waals surface area contributed by atoms with E-state index in [1.54, 1.807) is 15.9 Å². The third-order valence-corrected chi connectivity index (χ3v) is 6.70. The number of carbonyl (C=O) groups excluding carboxylic acids is 1. The van der Waals surface area contributed by atoms with Gasteiger partial charge in [0.1, 0.15) is 4.83 Å². The predicted octanol–water partition coefficient (Wildman–Crippen LogP) is 2.43. The SMILES string of the molecule is CCn1c(S[C@H](C)C(=O)N2CCOCC2)nc2sc(C)c(C)c2c1=O. The van der Waals surface area contributed by atoms with Gasteiger partial charge in [0.05, 0.1) is 23.8 Å². The number of rotatable bonds is 4. The fourth-order valence-corrected chi connectivity index (χ4v) is 5.05. The maximum absolute atomic E-state index is 12.9. The molecule has 3 rings (SSSR count). The lowest BCUT2D eigenvalue weighted by Gasteiger charge is -2.29. The summed E-state index contributed by atoms with van der Waals surface area (Å²) in [6.07, 6.45) is 0. The number of amides is 1. The van der Waals surface area contributed by atoms with E-state index in [9.17, 15) is 9.59 Å². The summed E-state index contributed by atoms with van der Waals surface area (Å²) in [7, 11) is 0. The zero-order valence-corrected chi connectivity index (χ0v) is 16.6. The molecule has 0 aliphatic carbocycles. The van der Waals surface area contributed by atoms with E-state index in [-0.39, 0.29) is 16.7 Å². The number of ether oxygens (including phenoxy) is 1. The molecule has 0 unspecified atom stereocenters. The van der Waals surface area contributed by atoms with Crippen LogP contribution in [0.1, 0.15) is 24.3 Å². The Morgan fingerprint density at radius 1 is 1.36 bits per heavy atom. The van der Waals surface area contributed by atoms with Crippen LogP contribution in [0.2, 0.25) is 0 Å². The summed E-state index contributed by atoms with van der Waals surface area (Å²) in [5, 5.41) is 1.04. The first-order valence-corrected chi connectivity index (χ1v) is 10.2. The molecule has 6 nitrogen and oxygen atoms in total. The molecule has 2 aromatic heterocycles. The summed E-state index contributed by atoms with van der Waals surface area (Å²) in [4.78, 5) is 33.9. The summed E-state index contributed by atoms with van der Waals surface area (Å²) in [5.74, 6) is 0.0730. The van der Waals surface area contributed by atoms with E-state index in [0.29, 0.717) is 43.4 Å². The van der Waals surface area contributed by atoms with Crippen molar-refractivity contribution in [1.82, 2.24) is 14.5 Å². The zero-order chi connectivity index (χ0) is 18.1. The van der Waals surface area contributed by atoms with Crippen LogP contribution in [0.25, 0.3) is 10.2 Å². The summed E-state index contributed by atoms with van der Waals surface area (Å²) in [5.41, 5.74) is 0.997. The van der Waals surface area contributed by atoms with Crippen molar-refractivity contribution in [2.75, 3.05) is 26.3 Å². The minimum absolute atomic E-state index is 0.0112. The lowest BCUT2D eigenvalue weighted by atomic mass is 10.2. The highest BCUT2D eigenvalue weighted by atomic mass is 32.2. The Kier molecular flexibility index (Phi) is 5.50. The Labute approximate surface area is 155 Å². The van der Waals surface area contributed by atoms with Crippen LogP contribution in [0.5, 0.6) is 0 Å².